The number of piperidine rings is 1. The quantitative estimate of drug-likeness (QED) is 0.415. The average Bonchev–Trinajstić information content (AvgIpc) is 3.49. The number of rotatable bonds is 7. The van der Waals surface area contributed by atoms with Crippen molar-refractivity contribution in [3.63, 3.8) is 0 Å². The Kier molecular flexibility index (Phi) is 7.49. The number of benzene rings is 2. The van der Waals surface area contributed by atoms with Crippen LogP contribution in [0.1, 0.15) is 52.5 Å². The molecule has 12 heteroatoms. The van der Waals surface area contributed by atoms with Gasteiger partial charge in [0.1, 0.15) is 22.3 Å². The van der Waals surface area contributed by atoms with E-state index in [0.29, 0.717) is 37.1 Å². The topological polar surface area (TPSA) is 109 Å². The summed E-state index contributed by atoms with van der Waals surface area (Å²) in [6.45, 7) is 1.68. The second-order valence-corrected chi connectivity index (χ2v) is 12.6. The van der Waals surface area contributed by atoms with Crippen molar-refractivity contribution in [2.75, 3.05) is 37.7 Å². The van der Waals surface area contributed by atoms with Crippen molar-refractivity contribution in [1.29, 1.82) is 0 Å². The van der Waals surface area contributed by atoms with Gasteiger partial charge >= 0.3 is 0 Å². The number of halogens is 2. The van der Waals surface area contributed by atoms with E-state index in [0.717, 1.165) is 48.4 Å². The van der Waals surface area contributed by atoms with Crippen LogP contribution in [0.25, 0.3) is 0 Å². The summed E-state index contributed by atoms with van der Waals surface area (Å²) in [5.41, 5.74) is 6.35. The minimum atomic E-state index is -3.62. The standard InChI is InChI=1S/C26H29F2N5O3S2/c1-32-13-3-6-21(32)16-7-9-18(10-8-16)38(35,36)33-14-11-17(12-15-33)30-26-31-25(29)24(37-26)23(34)22-19(27)4-2-5-20(22)28/h2,4-5,7-10,17,21H,3,6,11-15,29H2,1H3,(H,30,31). The number of nitrogens with two attached hydrogens (primary N) is 1. The Bertz CT molecular complexity index is 1420. The smallest absolute Gasteiger partial charge is 0.243 e. The highest BCUT2D eigenvalue weighted by Gasteiger charge is 2.31. The number of thiazole rings is 1. The summed E-state index contributed by atoms with van der Waals surface area (Å²) in [6, 6.07) is 10.6. The summed E-state index contributed by atoms with van der Waals surface area (Å²) in [4.78, 5) is 19.4. The number of likely N-dealkylation sites (tertiary alicyclic amines) is 1. The molecule has 2 aliphatic heterocycles. The molecule has 3 heterocycles. The summed E-state index contributed by atoms with van der Waals surface area (Å²) < 4.78 is 56.1. The van der Waals surface area contributed by atoms with Crippen LogP contribution in [0.15, 0.2) is 47.4 Å². The monoisotopic (exact) mass is 561 g/mol. The van der Waals surface area contributed by atoms with Gasteiger partial charge in [-0.25, -0.2) is 22.2 Å². The number of anilines is 2. The Labute approximate surface area is 224 Å². The van der Waals surface area contributed by atoms with Gasteiger partial charge in [0, 0.05) is 25.2 Å². The lowest BCUT2D eigenvalue weighted by Crippen LogP contribution is -2.42. The van der Waals surface area contributed by atoms with Crippen LogP contribution >= 0.6 is 11.3 Å². The van der Waals surface area contributed by atoms with E-state index in [-0.39, 0.29) is 21.6 Å². The van der Waals surface area contributed by atoms with Crippen LogP contribution in [0.2, 0.25) is 0 Å². The summed E-state index contributed by atoms with van der Waals surface area (Å²) >= 11 is 0.923. The molecule has 0 saturated carbocycles. The van der Waals surface area contributed by atoms with Gasteiger partial charge in [-0.05, 0) is 69.1 Å². The highest BCUT2D eigenvalue weighted by molar-refractivity contribution is 7.89. The minimum Gasteiger partial charge on any atom is -0.382 e. The number of nitrogen functional groups attached to an aromatic ring is 1. The van der Waals surface area contributed by atoms with Gasteiger partial charge in [-0.3, -0.25) is 9.69 Å². The molecule has 0 bridgehead atoms. The zero-order chi connectivity index (χ0) is 27.0. The van der Waals surface area contributed by atoms with Crippen molar-refractivity contribution < 1.29 is 22.0 Å². The molecule has 2 saturated heterocycles. The maximum absolute atomic E-state index is 14.1. The molecule has 0 aliphatic carbocycles. The normalized spacial score (nSPS) is 19.6. The maximum atomic E-state index is 14.1. The van der Waals surface area contributed by atoms with Crippen molar-refractivity contribution in [1.82, 2.24) is 14.2 Å². The first-order valence-electron chi connectivity index (χ1n) is 12.5. The summed E-state index contributed by atoms with van der Waals surface area (Å²) in [5.74, 6) is -2.91. The van der Waals surface area contributed by atoms with Crippen LogP contribution in [0, 0.1) is 11.6 Å². The fraction of sp³-hybridized carbons (Fsp3) is 0.385. The molecule has 1 unspecified atom stereocenters. The van der Waals surface area contributed by atoms with E-state index in [4.69, 9.17) is 5.73 Å². The summed E-state index contributed by atoms with van der Waals surface area (Å²) in [7, 11) is -1.54. The Morgan fingerprint density at radius 3 is 2.32 bits per heavy atom. The minimum absolute atomic E-state index is 0.0521. The van der Waals surface area contributed by atoms with E-state index in [1.54, 1.807) is 12.1 Å². The molecule has 1 atom stereocenters. The number of nitrogens with one attached hydrogen (secondary N) is 1. The molecule has 2 aromatic carbocycles. The number of hydrogen-bond donors (Lipinski definition) is 2. The number of hydrogen-bond acceptors (Lipinski definition) is 8. The third-order valence-electron chi connectivity index (χ3n) is 7.25. The van der Waals surface area contributed by atoms with Crippen molar-refractivity contribution in [2.45, 2.75) is 42.7 Å². The number of carbonyl (C=O) groups excluding carboxylic acids is 1. The third kappa shape index (κ3) is 5.18. The Morgan fingerprint density at radius 2 is 1.71 bits per heavy atom. The Morgan fingerprint density at radius 1 is 1.05 bits per heavy atom. The SMILES string of the molecule is CN1CCCC1c1ccc(S(=O)(=O)N2CCC(Nc3nc(N)c(C(=O)c4c(F)cccc4F)s3)CC2)cc1. The van der Waals surface area contributed by atoms with Gasteiger partial charge in [0.25, 0.3) is 0 Å². The van der Waals surface area contributed by atoms with E-state index in [1.807, 2.05) is 12.1 Å². The first-order valence-corrected chi connectivity index (χ1v) is 14.7. The van der Waals surface area contributed by atoms with Crippen molar-refractivity contribution in [3.8, 4) is 0 Å². The second kappa shape index (κ2) is 10.7. The van der Waals surface area contributed by atoms with E-state index >= 15 is 0 Å². The van der Waals surface area contributed by atoms with Crippen molar-refractivity contribution >= 4 is 38.1 Å². The number of nitrogens with zero attached hydrogens (tertiary/aromatic N) is 3. The molecule has 202 valence electrons. The van der Waals surface area contributed by atoms with E-state index in [2.05, 4.69) is 22.2 Å². The van der Waals surface area contributed by atoms with Crippen LogP contribution in [0.3, 0.4) is 0 Å². The number of aromatic nitrogens is 1. The van der Waals surface area contributed by atoms with E-state index in [9.17, 15) is 22.0 Å². The van der Waals surface area contributed by atoms with Crippen LogP contribution < -0.4 is 11.1 Å². The molecule has 2 aliphatic rings. The highest BCUT2D eigenvalue weighted by Crippen LogP contribution is 2.33. The van der Waals surface area contributed by atoms with Crippen molar-refractivity contribution in [2.24, 2.45) is 0 Å². The number of ketones is 1. The molecule has 38 heavy (non-hydrogen) atoms. The summed E-state index contributed by atoms with van der Waals surface area (Å²) in [6.07, 6.45) is 3.26. The fourth-order valence-electron chi connectivity index (χ4n) is 5.14. The first-order chi connectivity index (χ1) is 18.1. The molecular weight excluding hydrogens is 532 g/mol. The van der Waals surface area contributed by atoms with Gasteiger partial charge in [0.05, 0.1) is 10.5 Å². The number of sulfonamides is 1. The molecule has 0 spiro atoms. The number of carbonyl (C=O) groups is 1. The predicted octanol–water partition coefficient (Wildman–Crippen LogP) is 4.27. The lowest BCUT2D eigenvalue weighted by Gasteiger charge is -2.31. The Hall–Kier alpha value is -2.93. The van der Waals surface area contributed by atoms with Crippen LogP contribution in [0.4, 0.5) is 19.7 Å². The van der Waals surface area contributed by atoms with Gasteiger partial charge in [0.2, 0.25) is 15.8 Å². The highest BCUT2D eigenvalue weighted by atomic mass is 32.2. The summed E-state index contributed by atoms with van der Waals surface area (Å²) in [5, 5.41) is 3.54. The van der Waals surface area contributed by atoms with Gasteiger partial charge in [0.15, 0.2) is 5.13 Å². The molecule has 0 radical (unpaired) electrons. The van der Waals surface area contributed by atoms with Gasteiger partial charge < -0.3 is 11.1 Å². The Balaban J connectivity index is 1.21. The molecule has 2 fully saturated rings. The molecule has 3 N–H and O–H groups in total. The molecule has 5 rings (SSSR count). The molecule has 1 aromatic heterocycles. The fourth-order valence-corrected chi connectivity index (χ4v) is 7.52. The predicted molar refractivity (Wildman–Crippen MR) is 143 cm³/mol. The van der Waals surface area contributed by atoms with Gasteiger partial charge in [-0.2, -0.15) is 4.31 Å². The zero-order valence-corrected chi connectivity index (χ0v) is 22.5. The zero-order valence-electron chi connectivity index (χ0n) is 20.9. The molecule has 0 amide bonds. The van der Waals surface area contributed by atoms with Gasteiger partial charge in [-0.1, -0.05) is 29.5 Å². The molecular formula is C26H29F2N5O3S2. The van der Waals surface area contributed by atoms with E-state index < -0.39 is 33.0 Å². The lowest BCUT2D eigenvalue weighted by atomic mass is 10.1. The largest absolute Gasteiger partial charge is 0.382 e. The van der Waals surface area contributed by atoms with Crippen molar-refractivity contribution in [3.05, 3.63) is 70.1 Å². The molecule has 3 aromatic rings. The molecule has 8 nitrogen and oxygen atoms in total. The van der Waals surface area contributed by atoms with Crippen LogP contribution in [-0.4, -0.2) is 61.1 Å². The third-order valence-corrected chi connectivity index (χ3v) is 10.2. The maximum Gasteiger partial charge on any atom is 0.243 e. The lowest BCUT2D eigenvalue weighted by molar-refractivity contribution is 0.103. The van der Waals surface area contributed by atoms with Crippen LogP contribution in [-0.2, 0) is 10.0 Å². The first kappa shape index (κ1) is 26.7. The second-order valence-electron chi connectivity index (χ2n) is 9.69. The van der Waals surface area contributed by atoms with Gasteiger partial charge in [-0.15, -0.1) is 0 Å². The van der Waals surface area contributed by atoms with E-state index in [1.165, 1.54) is 10.4 Å². The average molecular weight is 562 g/mol. The van der Waals surface area contributed by atoms with Crippen LogP contribution in [0.5, 0.6) is 0 Å².